The maximum absolute atomic E-state index is 11.2. The Morgan fingerprint density at radius 1 is 1.35 bits per heavy atom. The monoisotopic (exact) mass is 292 g/mol. The van der Waals surface area contributed by atoms with E-state index in [0.29, 0.717) is 6.04 Å². The summed E-state index contributed by atoms with van der Waals surface area (Å²) in [4.78, 5) is 11.2. The van der Waals surface area contributed by atoms with Crippen molar-refractivity contribution in [2.45, 2.75) is 50.4 Å². The fraction of sp³-hybridized carbons (Fsp3) is 0.562. The van der Waals surface area contributed by atoms with Gasteiger partial charge < -0.3 is 10.6 Å². The number of hydrogen-bond donors (Lipinski definition) is 2. The highest BCUT2D eigenvalue weighted by atomic mass is 32.2. The third-order valence-electron chi connectivity index (χ3n) is 3.87. The Labute approximate surface area is 125 Å². The molecule has 1 aromatic rings. The van der Waals surface area contributed by atoms with Gasteiger partial charge in [0.05, 0.1) is 0 Å². The molecule has 20 heavy (non-hydrogen) atoms. The van der Waals surface area contributed by atoms with Crippen LogP contribution in [0.4, 0.5) is 5.69 Å². The van der Waals surface area contributed by atoms with Crippen LogP contribution in [-0.2, 0) is 11.3 Å². The molecule has 2 N–H and O–H groups in total. The first-order valence-electron chi connectivity index (χ1n) is 7.30. The van der Waals surface area contributed by atoms with Crippen LogP contribution in [0.25, 0.3) is 0 Å². The van der Waals surface area contributed by atoms with Gasteiger partial charge in [-0.3, -0.25) is 4.79 Å². The number of anilines is 1. The highest BCUT2D eigenvalue weighted by Gasteiger charge is 2.20. The van der Waals surface area contributed by atoms with Crippen molar-refractivity contribution in [3.63, 3.8) is 0 Å². The van der Waals surface area contributed by atoms with Gasteiger partial charge in [-0.25, -0.2) is 0 Å². The summed E-state index contributed by atoms with van der Waals surface area (Å²) in [6.07, 6.45) is 7.39. The topological polar surface area (TPSA) is 41.1 Å². The Morgan fingerprint density at radius 2 is 2.15 bits per heavy atom. The normalized spacial score (nSPS) is 22.5. The summed E-state index contributed by atoms with van der Waals surface area (Å²) < 4.78 is 0. The maximum Gasteiger partial charge on any atom is 0.221 e. The summed E-state index contributed by atoms with van der Waals surface area (Å²) in [7, 11) is 0. The van der Waals surface area contributed by atoms with Gasteiger partial charge in [-0.2, -0.15) is 11.8 Å². The number of thioether (sulfide) groups is 1. The molecule has 2 rings (SSSR count). The lowest BCUT2D eigenvalue weighted by molar-refractivity contribution is -0.114. The predicted octanol–water partition coefficient (Wildman–Crippen LogP) is 3.41. The van der Waals surface area contributed by atoms with Crippen molar-refractivity contribution in [1.29, 1.82) is 0 Å². The van der Waals surface area contributed by atoms with Gasteiger partial charge in [-0.15, -0.1) is 0 Å². The van der Waals surface area contributed by atoms with Crippen LogP contribution in [0.5, 0.6) is 0 Å². The van der Waals surface area contributed by atoms with Crippen molar-refractivity contribution in [3.05, 3.63) is 29.8 Å². The van der Waals surface area contributed by atoms with Gasteiger partial charge in [0.2, 0.25) is 5.91 Å². The number of nitrogens with one attached hydrogen (secondary N) is 2. The molecule has 1 aliphatic carbocycles. The lowest BCUT2D eigenvalue weighted by Crippen LogP contribution is -2.34. The molecule has 0 radical (unpaired) electrons. The molecule has 110 valence electrons. The number of carbonyl (C=O) groups excluding carboxylic acids is 1. The Balaban J connectivity index is 1.91. The fourth-order valence-electron chi connectivity index (χ4n) is 2.78. The molecule has 0 aliphatic heterocycles. The molecule has 0 spiro atoms. The van der Waals surface area contributed by atoms with Crippen molar-refractivity contribution in [3.8, 4) is 0 Å². The van der Waals surface area contributed by atoms with E-state index in [-0.39, 0.29) is 5.91 Å². The number of para-hydroxylation sites is 1. The quantitative estimate of drug-likeness (QED) is 0.874. The van der Waals surface area contributed by atoms with Crippen molar-refractivity contribution >= 4 is 23.4 Å². The van der Waals surface area contributed by atoms with Gasteiger partial charge >= 0.3 is 0 Å². The van der Waals surface area contributed by atoms with E-state index < -0.39 is 0 Å². The summed E-state index contributed by atoms with van der Waals surface area (Å²) in [5.41, 5.74) is 2.08. The van der Waals surface area contributed by atoms with Gasteiger partial charge in [-0.1, -0.05) is 24.6 Å². The van der Waals surface area contributed by atoms with Gasteiger partial charge in [0, 0.05) is 30.4 Å². The molecule has 1 saturated carbocycles. The zero-order valence-electron chi connectivity index (χ0n) is 12.3. The molecule has 1 amide bonds. The van der Waals surface area contributed by atoms with Crippen LogP contribution in [0.2, 0.25) is 0 Å². The number of amides is 1. The second kappa shape index (κ2) is 7.70. The van der Waals surface area contributed by atoms with Gasteiger partial charge in [0.1, 0.15) is 0 Å². The Hall–Kier alpha value is -1.00. The van der Waals surface area contributed by atoms with Crippen molar-refractivity contribution in [2.24, 2.45) is 0 Å². The van der Waals surface area contributed by atoms with E-state index in [9.17, 15) is 4.79 Å². The third-order valence-corrected chi connectivity index (χ3v) is 4.96. The van der Waals surface area contributed by atoms with E-state index in [1.165, 1.54) is 25.7 Å². The summed E-state index contributed by atoms with van der Waals surface area (Å²) in [6.45, 7) is 2.37. The standard InChI is InChI=1S/C16H24N2OS/c1-12(19)18-16-9-4-3-6-13(16)11-17-14-7-5-8-15(10-14)20-2/h3-4,6,9,14-15,17H,5,7-8,10-11H2,1-2H3,(H,18,19). The number of hydrogen-bond acceptors (Lipinski definition) is 3. The molecule has 0 aromatic heterocycles. The zero-order chi connectivity index (χ0) is 14.4. The summed E-state index contributed by atoms with van der Waals surface area (Å²) in [5.74, 6) is -0.0161. The number of rotatable bonds is 5. The van der Waals surface area contributed by atoms with Crippen molar-refractivity contribution < 1.29 is 4.79 Å². The molecule has 0 heterocycles. The molecule has 0 bridgehead atoms. The Kier molecular flexibility index (Phi) is 5.92. The second-order valence-corrected chi connectivity index (χ2v) is 6.58. The SMILES string of the molecule is CSC1CCCC(NCc2ccccc2NC(C)=O)C1. The van der Waals surface area contributed by atoms with Crippen LogP contribution < -0.4 is 10.6 Å². The minimum absolute atomic E-state index is 0.0161. The molecule has 4 heteroatoms. The Bertz CT molecular complexity index is 450. The molecular formula is C16H24N2OS. The highest BCUT2D eigenvalue weighted by molar-refractivity contribution is 7.99. The van der Waals surface area contributed by atoms with Gasteiger partial charge in [0.25, 0.3) is 0 Å². The smallest absolute Gasteiger partial charge is 0.221 e. The van der Waals surface area contributed by atoms with E-state index in [4.69, 9.17) is 0 Å². The minimum atomic E-state index is -0.0161. The lowest BCUT2D eigenvalue weighted by Gasteiger charge is -2.29. The maximum atomic E-state index is 11.2. The van der Waals surface area contributed by atoms with E-state index in [0.717, 1.165) is 23.0 Å². The average Bonchev–Trinajstić information content (AvgIpc) is 2.46. The van der Waals surface area contributed by atoms with Crippen LogP contribution in [0.1, 0.15) is 38.2 Å². The van der Waals surface area contributed by atoms with E-state index >= 15 is 0 Å². The first kappa shape index (κ1) is 15.4. The fourth-order valence-corrected chi connectivity index (χ4v) is 3.61. The van der Waals surface area contributed by atoms with Crippen LogP contribution in [-0.4, -0.2) is 23.5 Å². The summed E-state index contributed by atoms with van der Waals surface area (Å²) >= 11 is 1.99. The summed E-state index contributed by atoms with van der Waals surface area (Å²) in [6, 6.07) is 8.62. The van der Waals surface area contributed by atoms with Crippen LogP contribution in [0.3, 0.4) is 0 Å². The predicted molar refractivity (Wildman–Crippen MR) is 87.1 cm³/mol. The molecule has 2 atom stereocenters. The number of carbonyl (C=O) groups is 1. The molecule has 1 aliphatic rings. The molecule has 3 nitrogen and oxygen atoms in total. The second-order valence-electron chi connectivity index (χ2n) is 5.44. The largest absolute Gasteiger partial charge is 0.326 e. The zero-order valence-corrected chi connectivity index (χ0v) is 13.1. The minimum Gasteiger partial charge on any atom is -0.326 e. The van der Waals surface area contributed by atoms with E-state index in [1.54, 1.807) is 6.92 Å². The van der Waals surface area contributed by atoms with E-state index in [2.05, 4.69) is 23.0 Å². The molecule has 1 fully saturated rings. The highest BCUT2D eigenvalue weighted by Crippen LogP contribution is 2.27. The first-order chi connectivity index (χ1) is 9.69. The first-order valence-corrected chi connectivity index (χ1v) is 8.59. The molecule has 2 unspecified atom stereocenters. The summed E-state index contributed by atoms with van der Waals surface area (Å²) in [5, 5.41) is 7.35. The Morgan fingerprint density at radius 3 is 2.90 bits per heavy atom. The molecule has 1 aromatic carbocycles. The molecule has 0 saturated heterocycles. The average molecular weight is 292 g/mol. The van der Waals surface area contributed by atoms with E-state index in [1.807, 2.05) is 30.0 Å². The molecular weight excluding hydrogens is 268 g/mol. The van der Waals surface area contributed by atoms with Crippen LogP contribution in [0, 0.1) is 0 Å². The van der Waals surface area contributed by atoms with Crippen molar-refractivity contribution in [2.75, 3.05) is 11.6 Å². The third kappa shape index (κ3) is 4.53. The lowest BCUT2D eigenvalue weighted by atomic mass is 9.94. The van der Waals surface area contributed by atoms with Gasteiger partial charge in [-0.05, 0) is 37.1 Å². The van der Waals surface area contributed by atoms with Crippen LogP contribution >= 0.6 is 11.8 Å². The number of benzene rings is 1. The van der Waals surface area contributed by atoms with Gasteiger partial charge in [0.15, 0.2) is 0 Å². The van der Waals surface area contributed by atoms with Crippen molar-refractivity contribution in [1.82, 2.24) is 5.32 Å². The van der Waals surface area contributed by atoms with Crippen LogP contribution in [0.15, 0.2) is 24.3 Å².